The number of rotatable bonds is 4. The van der Waals surface area contributed by atoms with Crippen molar-refractivity contribution >= 4 is 42.1 Å². The quantitative estimate of drug-likeness (QED) is 0.749. The Morgan fingerprint density at radius 1 is 1.07 bits per heavy atom. The SMILES string of the molecule is Cl.Cl.O=C(Nc1ccc(CN2CCc3ccccc32)cc1)C1CC12CCNCC2. The number of hydrogen-bond acceptors (Lipinski definition) is 3. The Hall–Kier alpha value is -1.75. The number of carbonyl (C=O) groups is 1. The van der Waals surface area contributed by atoms with Crippen LogP contribution in [0.15, 0.2) is 48.5 Å². The minimum atomic E-state index is 0. The second-order valence-electron chi connectivity index (χ2n) is 8.36. The Balaban J connectivity index is 0.00000120. The fourth-order valence-corrected chi connectivity index (χ4v) is 4.91. The number of hydrogen-bond donors (Lipinski definition) is 2. The number of halogens is 2. The number of piperidine rings is 1. The summed E-state index contributed by atoms with van der Waals surface area (Å²) in [5, 5.41) is 6.53. The van der Waals surface area contributed by atoms with Crippen LogP contribution in [0.5, 0.6) is 0 Å². The minimum Gasteiger partial charge on any atom is -0.367 e. The van der Waals surface area contributed by atoms with E-state index in [0.717, 1.165) is 57.5 Å². The highest BCUT2D eigenvalue weighted by atomic mass is 35.5. The van der Waals surface area contributed by atoms with Crippen molar-refractivity contribution in [3.05, 3.63) is 59.7 Å². The van der Waals surface area contributed by atoms with E-state index in [1.54, 1.807) is 0 Å². The van der Waals surface area contributed by atoms with Crippen LogP contribution in [0.4, 0.5) is 11.4 Å². The molecule has 0 bridgehead atoms. The second-order valence-corrected chi connectivity index (χ2v) is 8.36. The third kappa shape index (κ3) is 4.40. The van der Waals surface area contributed by atoms with Crippen LogP contribution in [0.2, 0.25) is 0 Å². The molecule has 2 aliphatic heterocycles. The van der Waals surface area contributed by atoms with Crippen molar-refractivity contribution in [1.29, 1.82) is 0 Å². The number of fused-ring (bicyclic) bond motifs is 1. The Labute approximate surface area is 185 Å². The highest BCUT2D eigenvalue weighted by Gasteiger charge is 2.57. The van der Waals surface area contributed by atoms with Crippen LogP contribution in [-0.2, 0) is 17.8 Å². The maximum atomic E-state index is 12.6. The molecule has 0 aromatic heterocycles. The summed E-state index contributed by atoms with van der Waals surface area (Å²) in [6.07, 6.45) is 4.47. The molecule has 0 radical (unpaired) electrons. The average molecular weight is 434 g/mol. The van der Waals surface area contributed by atoms with E-state index in [0.29, 0.717) is 5.41 Å². The van der Waals surface area contributed by atoms with E-state index in [1.807, 2.05) is 12.1 Å². The molecule has 156 valence electrons. The maximum absolute atomic E-state index is 12.6. The molecule has 5 rings (SSSR count). The van der Waals surface area contributed by atoms with E-state index in [-0.39, 0.29) is 36.6 Å². The molecule has 2 N–H and O–H groups in total. The summed E-state index contributed by atoms with van der Waals surface area (Å²) >= 11 is 0. The Morgan fingerprint density at radius 2 is 1.79 bits per heavy atom. The molecule has 2 fully saturated rings. The fourth-order valence-electron chi connectivity index (χ4n) is 4.91. The van der Waals surface area contributed by atoms with Gasteiger partial charge in [-0.1, -0.05) is 30.3 Å². The van der Waals surface area contributed by atoms with Gasteiger partial charge in [0.1, 0.15) is 0 Å². The van der Waals surface area contributed by atoms with E-state index >= 15 is 0 Å². The van der Waals surface area contributed by atoms with Gasteiger partial charge in [0.15, 0.2) is 0 Å². The molecule has 2 aromatic rings. The van der Waals surface area contributed by atoms with Crippen LogP contribution in [0.1, 0.15) is 30.4 Å². The topological polar surface area (TPSA) is 44.4 Å². The van der Waals surface area contributed by atoms with Gasteiger partial charge in [0.2, 0.25) is 5.91 Å². The lowest BCUT2D eigenvalue weighted by Gasteiger charge is -2.23. The average Bonchev–Trinajstić information content (AvgIpc) is 3.24. The molecule has 1 aliphatic carbocycles. The van der Waals surface area contributed by atoms with Gasteiger partial charge in [-0.15, -0.1) is 24.8 Å². The molecule has 2 heterocycles. The second kappa shape index (κ2) is 8.95. The third-order valence-electron chi connectivity index (χ3n) is 6.68. The lowest BCUT2D eigenvalue weighted by atomic mass is 9.92. The number of amides is 1. The zero-order valence-electron chi connectivity index (χ0n) is 16.5. The lowest BCUT2D eigenvalue weighted by Crippen LogP contribution is -2.31. The van der Waals surface area contributed by atoms with Crippen LogP contribution >= 0.6 is 24.8 Å². The largest absolute Gasteiger partial charge is 0.367 e. The molecule has 1 spiro atoms. The third-order valence-corrected chi connectivity index (χ3v) is 6.68. The van der Waals surface area contributed by atoms with Gasteiger partial charge in [-0.25, -0.2) is 0 Å². The van der Waals surface area contributed by atoms with Crippen LogP contribution in [0, 0.1) is 11.3 Å². The molecule has 3 aliphatic rings. The lowest BCUT2D eigenvalue weighted by molar-refractivity contribution is -0.118. The van der Waals surface area contributed by atoms with E-state index < -0.39 is 0 Å². The van der Waals surface area contributed by atoms with Gasteiger partial charge in [0.05, 0.1) is 0 Å². The summed E-state index contributed by atoms with van der Waals surface area (Å²) in [6, 6.07) is 17.0. The minimum absolute atomic E-state index is 0. The summed E-state index contributed by atoms with van der Waals surface area (Å²) in [7, 11) is 0. The van der Waals surface area contributed by atoms with Crippen molar-refractivity contribution in [2.75, 3.05) is 29.9 Å². The first-order chi connectivity index (χ1) is 13.2. The van der Waals surface area contributed by atoms with Crippen LogP contribution in [0.3, 0.4) is 0 Å². The number of carbonyl (C=O) groups excluding carboxylic acids is 1. The number of anilines is 2. The van der Waals surface area contributed by atoms with Crippen molar-refractivity contribution in [1.82, 2.24) is 5.32 Å². The van der Waals surface area contributed by atoms with Gasteiger partial charge in [-0.05, 0) is 73.5 Å². The first-order valence-corrected chi connectivity index (χ1v) is 10.2. The van der Waals surface area contributed by atoms with E-state index in [1.165, 1.54) is 16.8 Å². The number of nitrogens with one attached hydrogen (secondary N) is 2. The molecule has 4 nitrogen and oxygen atoms in total. The highest BCUT2D eigenvalue weighted by molar-refractivity contribution is 5.95. The smallest absolute Gasteiger partial charge is 0.228 e. The first-order valence-electron chi connectivity index (χ1n) is 10.2. The van der Waals surface area contributed by atoms with Crippen molar-refractivity contribution in [2.45, 2.75) is 32.2 Å². The molecule has 1 saturated carbocycles. The van der Waals surface area contributed by atoms with Gasteiger partial charge in [-0.3, -0.25) is 4.79 Å². The molecular weight excluding hydrogens is 405 g/mol. The van der Waals surface area contributed by atoms with Crippen molar-refractivity contribution in [3.8, 4) is 0 Å². The summed E-state index contributed by atoms with van der Waals surface area (Å²) in [5.41, 5.74) is 5.29. The van der Waals surface area contributed by atoms with Gasteiger partial charge >= 0.3 is 0 Å². The molecule has 2 aromatic carbocycles. The number of benzene rings is 2. The number of para-hydroxylation sites is 1. The zero-order valence-corrected chi connectivity index (χ0v) is 18.2. The van der Waals surface area contributed by atoms with E-state index in [4.69, 9.17) is 0 Å². The van der Waals surface area contributed by atoms with Gasteiger partial charge in [-0.2, -0.15) is 0 Å². The Kier molecular flexibility index (Phi) is 6.77. The van der Waals surface area contributed by atoms with Gasteiger partial charge < -0.3 is 15.5 Å². The van der Waals surface area contributed by atoms with E-state index in [2.05, 4.69) is 51.9 Å². The first kappa shape index (κ1) is 21.9. The predicted octanol–water partition coefficient (Wildman–Crippen LogP) is 4.42. The summed E-state index contributed by atoms with van der Waals surface area (Å²) < 4.78 is 0. The molecule has 29 heavy (non-hydrogen) atoms. The van der Waals surface area contributed by atoms with E-state index in [9.17, 15) is 4.79 Å². The molecule has 6 heteroatoms. The standard InChI is InChI=1S/C23H27N3O.2ClH/c27-22(20-15-23(20)10-12-24-13-11-23)25-19-7-5-17(6-8-19)16-26-14-9-18-3-1-2-4-21(18)26;;/h1-8,20,24H,9-16H2,(H,25,27);2*1H. The molecule has 1 atom stereocenters. The summed E-state index contributed by atoms with van der Waals surface area (Å²) in [5.74, 6) is 0.415. The molecule has 1 unspecified atom stereocenters. The Bertz CT molecular complexity index is 849. The predicted molar refractivity (Wildman–Crippen MR) is 123 cm³/mol. The van der Waals surface area contributed by atoms with Crippen LogP contribution in [-0.4, -0.2) is 25.5 Å². The van der Waals surface area contributed by atoms with Crippen molar-refractivity contribution in [2.24, 2.45) is 11.3 Å². The number of nitrogens with zero attached hydrogens (tertiary/aromatic N) is 1. The molecule has 1 amide bonds. The summed E-state index contributed by atoms with van der Waals surface area (Å²) in [6.45, 7) is 4.11. The zero-order chi connectivity index (χ0) is 18.3. The van der Waals surface area contributed by atoms with Gasteiger partial charge in [0, 0.05) is 30.4 Å². The van der Waals surface area contributed by atoms with Crippen LogP contribution < -0.4 is 15.5 Å². The Morgan fingerprint density at radius 3 is 2.55 bits per heavy atom. The van der Waals surface area contributed by atoms with Crippen molar-refractivity contribution < 1.29 is 4.79 Å². The maximum Gasteiger partial charge on any atom is 0.228 e. The monoisotopic (exact) mass is 433 g/mol. The van der Waals surface area contributed by atoms with Crippen LogP contribution in [0.25, 0.3) is 0 Å². The molecular formula is C23H29Cl2N3O. The highest BCUT2D eigenvalue weighted by Crippen LogP contribution is 2.58. The summed E-state index contributed by atoms with van der Waals surface area (Å²) in [4.78, 5) is 15.0. The van der Waals surface area contributed by atoms with Crippen molar-refractivity contribution in [3.63, 3.8) is 0 Å². The van der Waals surface area contributed by atoms with Gasteiger partial charge in [0.25, 0.3) is 0 Å². The fraction of sp³-hybridized carbons (Fsp3) is 0.435. The molecule has 1 saturated heterocycles. The normalized spacial score (nSPS) is 21.0.